The first-order valence-electron chi connectivity index (χ1n) is 8.18. The summed E-state index contributed by atoms with van der Waals surface area (Å²) in [6.07, 6.45) is -0.0814. The molecule has 1 heterocycles. The first kappa shape index (κ1) is 18.7. The second kappa shape index (κ2) is 8.97. The lowest BCUT2D eigenvalue weighted by molar-refractivity contribution is -0.383. The number of amides is 2. The van der Waals surface area contributed by atoms with Crippen LogP contribution in [-0.2, 0) is 9.53 Å². The fourth-order valence-electron chi connectivity index (χ4n) is 2.58. The van der Waals surface area contributed by atoms with Crippen LogP contribution in [0.2, 0.25) is 0 Å². The fourth-order valence-corrected chi connectivity index (χ4v) is 2.58. The van der Waals surface area contributed by atoms with Crippen LogP contribution < -0.4 is 5.32 Å². The van der Waals surface area contributed by atoms with Crippen LogP contribution in [0.15, 0.2) is 24.3 Å². The van der Waals surface area contributed by atoms with E-state index < -0.39 is 4.92 Å². The summed E-state index contributed by atoms with van der Waals surface area (Å²) in [5.74, 6) is -0.276. The molecule has 1 aromatic rings. The lowest BCUT2D eigenvalue weighted by Gasteiger charge is -2.33. The van der Waals surface area contributed by atoms with Crippen LogP contribution in [0.25, 0.3) is 0 Å². The largest absolute Gasteiger partial charge is 0.450 e. The number of carbonyl (C=O) groups excluding carboxylic acids is 2. The topological polar surface area (TPSA) is 105 Å². The molecule has 0 bridgehead atoms. The van der Waals surface area contributed by atoms with E-state index in [9.17, 15) is 19.7 Å². The number of hydrogen-bond acceptors (Lipinski definition) is 6. The van der Waals surface area contributed by atoms with Crippen molar-refractivity contribution in [3.63, 3.8) is 0 Å². The molecule has 1 aliphatic heterocycles. The first-order valence-corrected chi connectivity index (χ1v) is 8.18. The number of carbonyl (C=O) groups is 2. The molecule has 1 aliphatic rings. The minimum absolute atomic E-state index is 0.126. The van der Waals surface area contributed by atoms with Gasteiger partial charge in [-0.1, -0.05) is 12.1 Å². The second-order valence-corrected chi connectivity index (χ2v) is 5.60. The number of nitrogens with one attached hydrogen (secondary N) is 1. The molecule has 0 spiro atoms. The lowest BCUT2D eigenvalue weighted by atomic mass is 10.2. The number of para-hydroxylation sites is 2. The second-order valence-electron chi connectivity index (χ2n) is 5.60. The van der Waals surface area contributed by atoms with Crippen molar-refractivity contribution < 1.29 is 19.2 Å². The van der Waals surface area contributed by atoms with Crippen molar-refractivity contribution in [1.82, 2.24) is 9.80 Å². The minimum atomic E-state index is -0.524. The Morgan fingerprint density at radius 2 is 1.92 bits per heavy atom. The maximum atomic E-state index is 12.0. The number of rotatable bonds is 6. The van der Waals surface area contributed by atoms with E-state index in [0.717, 1.165) is 0 Å². The Labute approximate surface area is 145 Å². The van der Waals surface area contributed by atoms with E-state index in [4.69, 9.17) is 4.74 Å². The molecule has 2 amide bonds. The number of anilines is 1. The molecular formula is C16H22N4O5. The number of piperazine rings is 1. The van der Waals surface area contributed by atoms with Gasteiger partial charge in [-0.25, -0.2) is 4.79 Å². The molecular weight excluding hydrogens is 328 g/mol. The van der Waals surface area contributed by atoms with Crippen LogP contribution in [0.1, 0.15) is 13.3 Å². The number of hydrogen-bond donors (Lipinski definition) is 1. The highest BCUT2D eigenvalue weighted by atomic mass is 16.6. The van der Waals surface area contributed by atoms with Gasteiger partial charge < -0.3 is 15.0 Å². The van der Waals surface area contributed by atoms with Crippen LogP contribution in [0, 0.1) is 10.1 Å². The SMILES string of the molecule is CCOC(=O)N1CCN(CCC(=O)Nc2ccccc2[N+](=O)[O-])CC1. The van der Waals surface area contributed by atoms with E-state index in [1.54, 1.807) is 24.0 Å². The van der Waals surface area contributed by atoms with E-state index in [1.165, 1.54) is 12.1 Å². The Bertz CT molecular complexity index is 629. The zero-order chi connectivity index (χ0) is 18.2. The third kappa shape index (κ3) is 5.42. The number of nitrogens with zero attached hydrogens (tertiary/aromatic N) is 3. The van der Waals surface area contributed by atoms with Gasteiger partial charge in [-0.05, 0) is 13.0 Å². The minimum Gasteiger partial charge on any atom is -0.450 e. The molecule has 0 aromatic heterocycles. The van der Waals surface area contributed by atoms with Gasteiger partial charge in [-0.15, -0.1) is 0 Å². The molecule has 2 rings (SSSR count). The predicted molar refractivity (Wildman–Crippen MR) is 91.4 cm³/mol. The van der Waals surface area contributed by atoms with Crippen molar-refractivity contribution in [2.24, 2.45) is 0 Å². The van der Waals surface area contributed by atoms with Crippen LogP contribution in [0.3, 0.4) is 0 Å². The van der Waals surface area contributed by atoms with E-state index in [2.05, 4.69) is 10.2 Å². The van der Waals surface area contributed by atoms with Crippen LogP contribution in [-0.4, -0.2) is 66.1 Å². The highest BCUT2D eigenvalue weighted by Crippen LogP contribution is 2.23. The zero-order valence-electron chi connectivity index (χ0n) is 14.1. The van der Waals surface area contributed by atoms with Gasteiger partial charge in [0.2, 0.25) is 5.91 Å². The summed E-state index contributed by atoms with van der Waals surface area (Å²) in [5.41, 5.74) is 0.0727. The lowest BCUT2D eigenvalue weighted by Crippen LogP contribution is -2.49. The zero-order valence-corrected chi connectivity index (χ0v) is 14.1. The monoisotopic (exact) mass is 350 g/mol. The molecule has 25 heavy (non-hydrogen) atoms. The summed E-state index contributed by atoms with van der Waals surface area (Å²) in [5, 5.41) is 13.5. The maximum absolute atomic E-state index is 12.0. The molecule has 9 nitrogen and oxygen atoms in total. The number of benzene rings is 1. The summed E-state index contributed by atoms with van der Waals surface area (Å²) in [6, 6.07) is 6.05. The number of nitro groups is 1. The highest BCUT2D eigenvalue weighted by Gasteiger charge is 2.22. The van der Waals surface area contributed by atoms with Gasteiger partial charge in [0.25, 0.3) is 5.69 Å². The van der Waals surface area contributed by atoms with Gasteiger partial charge in [0.1, 0.15) is 5.69 Å². The Morgan fingerprint density at radius 1 is 1.24 bits per heavy atom. The summed E-state index contributed by atoms with van der Waals surface area (Å²) in [6.45, 7) is 5.10. The van der Waals surface area contributed by atoms with Crippen molar-refractivity contribution in [2.45, 2.75) is 13.3 Å². The molecule has 9 heteroatoms. The molecule has 136 valence electrons. The van der Waals surface area contributed by atoms with Gasteiger partial charge in [-0.2, -0.15) is 0 Å². The smallest absolute Gasteiger partial charge is 0.409 e. The van der Waals surface area contributed by atoms with Gasteiger partial charge in [0, 0.05) is 45.2 Å². The third-order valence-electron chi connectivity index (χ3n) is 3.93. The van der Waals surface area contributed by atoms with Crippen molar-refractivity contribution >= 4 is 23.4 Å². The van der Waals surface area contributed by atoms with E-state index >= 15 is 0 Å². The van der Waals surface area contributed by atoms with Gasteiger partial charge in [0.15, 0.2) is 0 Å². The molecule has 0 saturated carbocycles. The predicted octanol–water partition coefficient (Wildman–Crippen LogP) is 1.70. The van der Waals surface area contributed by atoms with Gasteiger partial charge in [0.05, 0.1) is 11.5 Å². The van der Waals surface area contributed by atoms with Crippen LogP contribution in [0.5, 0.6) is 0 Å². The number of nitro benzene ring substituents is 1. The van der Waals surface area contributed by atoms with Gasteiger partial charge in [-0.3, -0.25) is 19.8 Å². The van der Waals surface area contributed by atoms with Crippen molar-refractivity contribution in [3.8, 4) is 0 Å². The van der Waals surface area contributed by atoms with Crippen molar-refractivity contribution in [1.29, 1.82) is 0 Å². The Hall–Kier alpha value is -2.68. The molecule has 1 fully saturated rings. The number of ether oxygens (including phenoxy) is 1. The average molecular weight is 350 g/mol. The quantitative estimate of drug-likeness (QED) is 0.618. The molecule has 0 aliphatic carbocycles. The molecule has 0 unspecified atom stereocenters. The van der Waals surface area contributed by atoms with E-state index in [1.807, 2.05) is 0 Å². The Kier molecular flexibility index (Phi) is 6.70. The van der Waals surface area contributed by atoms with Crippen molar-refractivity contribution in [2.75, 3.05) is 44.6 Å². The third-order valence-corrected chi connectivity index (χ3v) is 3.93. The summed E-state index contributed by atoms with van der Waals surface area (Å²) < 4.78 is 4.96. The summed E-state index contributed by atoms with van der Waals surface area (Å²) >= 11 is 0. The molecule has 1 saturated heterocycles. The van der Waals surface area contributed by atoms with E-state index in [0.29, 0.717) is 39.3 Å². The molecule has 0 radical (unpaired) electrons. The molecule has 1 N–H and O–H groups in total. The summed E-state index contributed by atoms with van der Waals surface area (Å²) in [4.78, 5) is 37.8. The average Bonchev–Trinajstić information content (AvgIpc) is 2.61. The first-order chi connectivity index (χ1) is 12.0. The van der Waals surface area contributed by atoms with E-state index in [-0.39, 0.29) is 29.8 Å². The van der Waals surface area contributed by atoms with Crippen LogP contribution in [0.4, 0.5) is 16.2 Å². The van der Waals surface area contributed by atoms with Gasteiger partial charge >= 0.3 is 6.09 Å². The normalized spacial score (nSPS) is 14.8. The standard InChI is InChI=1S/C16H22N4O5/c1-2-25-16(22)19-11-9-18(10-12-19)8-7-15(21)17-13-5-3-4-6-14(13)20(23)24/h3-6H,2,7-12H2,1H3,(H,17,21). The molecule has 0 atom stereocenters. The summed E-state index contributed by atoms with van der Waals surface area (Å²) in [7, 11) is 0. The Morgan fingerprint density at radius 3 is 2.56 bits per heavy atom. The Balaban J connectivity index is 1.76. The fraction of sp³-hybridized carbons (Fsp3) is 0.500. The highest BCUT2D eigenvalue weighted by molar-refractivity contribution is 5.93. The molecule has 1 aromatic carbocycles. The van der Waals surface area contributed by atoms with Crippen molar-refractivity contribution in [3.05, 3.63) is 34.4 Å². The maximum Gasteiger partial charge on any atom is 0.409 e. The van der Waals surface area contributed by atoms with Crippen LogP contribution >= 0.6 is 0 Å².